The van der Waals surface area contributed by atoms with Gasteiger partial charge in [-0.05, 0) is 24.5 Å². The number of methoxy groups -OCH3 is 1. The van der Waals surface area contributed by atoms with Gasteiger partial charge < -0.3 is 10.1 Å². The van der Waals surface area contributed by atoms with E-state index >= 15 is 0 Å². The zero-order chi connectivity index (χ0) is 13.7. The van der Waals surface area contributed by atoms with Crippen LogP contribution in [-0.2, 0) is 6.54 Å². The lowest BCUT2D eigenvalue weighted by molar-refractivity contribution is 0.399. The van der Waals surface area contributed by atoms with Gasteiger partial charge in [-0.25, -0.2) is 0 Å². The van der Waals surface area contributed by atoms with Crippen molar-refractivity contribution in [2.45, 2.75) is 32.9 Å². The van der Waals surface area contributed by atoms with Crippen molar-refractivity contribution in [2.24, 2.45) is 0 Å². The zero-order valence-corrected chi connectivity index (χ0v) is 12.3. The van der Waals surface area contributed by atoms with Crippen molar-refractivity contribution in [2.75, 3.05) is 13.7 Å². The van der Waals surface area contributed by atoms with Crippen LogP contribution >= 0.6 is 11.5 Å². The molecule has 0 bridgehead atoms. The van der Waals surface area contributed by atoms with Crippen LogP contribution in [0.2, 0.25) is 0 Å². The van der Waals surface area contributed by atoms with Crippen LogP contribution in [0.5, 0.6) is 5.75 Å². The maximum absolute atomic E-state index is 5.44. The number of nitrogens with one attached hydrogen (secondary N) is 1. The summed E-state index contributed by atoms with van der Waals surface area (Å²) in [6.45, 7) is 5.93. The topological polar surface area (TPSA) is 64.9 Å². The minimum atomic E-state index is 0.0222. The van der Waals surface area contributed by atoms with Gasteiger partial charge in [-0.3, -0.25) is 4.68 Å². The van der Waals surface area contributed by atoms with Crippen LogP contribution in [0.3, 0.4) is 0 Å². The zero-order valence-electron chi connectivity index (χ0n) is 11.5. The Balaban J connectivity index is 2.42. The van der Waals surface area contributed by atoms with Gasteiger partial charge in [0.2, 0.25) is 0 Å². The Labute approximate surface area is 117 Å². The molecule has 0 amide bonds. The van der Waals surface area contributed by atoms with Crippen LogP contribution < -0.4 is 10.1 Å². The highest BCUT2D eigenvalue weighted by Crippen LogP contribution is 2.31. The quantitative estimate of drug-likeness (QED) is 0.839. The highest BCUT2D eigenvalue weighted by molar-refractivity contribution is 7.05. The summed E-state index contributed by atoms with van der Waals surface area (Å²) in [7, 11) is 1.67. The van der Waals surface area contributed by atoms with Gasteiger partial charge in [-0.15, -0.1) is 5.10 Å². The molecule has 0 fully saturated rings. The minimum absolute atomic E-state index is 0.0222. The van der Waals surface area contributed by atoms with Gasteiger partial charge in [0.05, 0.1) is 30.4 Å². The molecular weight excluding hydrogens is 262 g/mol. The van der Waals surface area contributed by atoms with E-state index < -0.39 is 0 Å². The molecule has 104 valence electrons. The van der Waals surface area contributed by atoms with E-state index in [9.17, 15) is 0 Å². The second-order valence-electron chi connectivity index (χ2n) is 4.13. The molecule has 0 aliphatic heterocycles. The Kier molecular flexibility index (Phi) is 4.86. The van der Waals surface area contributed by atoms with Crippen molar-refractivity contribution >= 4 is 11.5 Å². The van der Waals surface area contributed by atoms with Crippen LogP contribution in [0.1, 0.15) is 36.9 Å². The molecule has 2 heterocycles. The van der Waals surface area contributed by atoms with E-state index in [1.807, 2.05) is 4.68 Å². The fourth-order valence-electron chi connectivity index (χ4n) is 2.05. The molecule has 0 aliphatic rings. The van der Waals surface area contributed by atoms with Gasteiger partial charge in [0.25, 0.3) is 0 Å². The summed E-state index contributed by atoms with van der Waals surface area (Å²) in [4.78, 5) is 1.07. The largest absolute Gasteiger partial charge is 0.493 e. The molecule has 0 aliphatic carbocycles. The number of rotatable bonds is 7. The second kappa shape index (κ2) is 6.63. The summed E-state index contributed by atoms with van der Waals surface area (Å²) in [5, 5.41) is 11.8. The molecule has 7 heteroatoms. The SMILES string of the molecule is CCCn1ncc(OC)c1C(NCC)c1cnns1. The fraction of sp³-hybridized carbons (Fsp3) is 0.583. The predicted molar refractivity (Wildman–Crippen MR) is 74.5 cm³/mol. The summed E-state index contributed by atoms with van der Waals surface area (Å²) in [6.07, 6.45) is 4.59. The number of aryl methyl sites for hydroxylation is 1. The number of aromatic nitrogens is 4. The molecule has 0 aromatic carbocycles. The molecule has 0 saturated carbocycles. The van der Waals surface area contributed by atoms with Crippen LogP contribution in [0.25, 0.3) is 0 Å². The van der Waals surface area contributed by atoms with Gasteiger partial charge >= 0.3 is 0 Å². The Morgan fingerprint density at radius 1 is 1.42 bits per heavy atom. The first-order chi connectivity index (χ1) is 9.31. The maximum Gasteiger partial charge on any atom is 0.161 e. The highest BCUT2D eigenvalue weighted by Gasteiger charge is 2.24. The molecule has 0 saturated heterocycles. The third-order valence-electron chi connectivity index (χ3n) is 2.84. The minimum Gasteiger partial charge on any atom is -0.493 e. The Hall–Kier alpha value is -1.47. The van der Waals surface area contributed by atoms with Gasteiger partial charge in [-0.2, -0.15) is 5.10 Å². The summed E-state index contributed by atoms with van der Waals surface area (Å²) in [5.74, 6) is 0.799. The average Bonchev–Trinajstić information content (AvgIpc) is 3.06. The first-order valence-corrected chi connectivity index (χ1v) is 7.19. The predicted octanol–water partition coefficient (Wildman–Crippen LogP) is 1.85. The highest BCUT2D eigenvalue weighted by atomic mass is 32.1. The van der Waals surface area contributed by atoms with E-state index in [1.54, 1.807) is 19.5 Å². The second-order valence-corrected chi connectivity index (χ2v) is 4.95. The van der Waals surface area contributed by atoms with Gasteiger partial charge in [-0.1, -0.05) is 18.3 Å². The van der Waals surface area contributed by atoms with E-state index in [1.165, 1.54) is 11.5 Å². The van der Waals surface area contributed by atoms with Gasteiger partial charge in [0.1, 0.15) is 5.69 Å². The number of hydrogen-bond acceptors (Lipinski definition) is 6. The van der Waals surface area contributed by atoms with E-state index in [0.29, 0.717) is 0 Å². The van der Waals surface area contributed by atoms with Crippen LogP contribution in [0.15, 0.2) is 12.4 Å². The smallest absolute Gasteiger partial charge is 0.161 e. The molecule has 1 N–H and O–H groups in total. The Morgan fingerprint density at radius 3 is 2.84 bits per heavy atom. The van der Waals surface area contributed by atoms with Crippen molar-refractivity contribution in [3.63, 3.8) is 0 Å². The fourth-order valence-corrected chi connectivity index (χ4v) is 2.64. The van der Waals surface area contributed by atoms with Gasteiger partial charge in [0.15, 0.2) is 5.75 Å². The Bertz CT molecular complexity index is 496. The molecule has 0 radical (unpaired) electrons. The van der Waals surface area contributed by atoms with Crippen molar-refractivity contribution in [1.82, 2.24) is 24.7 Å². The average molecular weight is 281 g/mol. The summed E-state index contributed by atoms with van der Waals surface area (Å²) < 4.78 is 11.4. The van der Waals surface area contributed by atoms with Crippen molar-refractivity contribution in [3.8, 4) is 5.75 Å². The van der Waals surface area contributed by atoms with E-state index in [2.05, 4.69) is 33.8 Å². The summed E-state index contributed by atoms with van der Waals surface area (Å²) >= 11 is 1.39. The van der Waals surface area contributed by atoms with Crippen LogP contribution in [0.4, 0.5) is 0 Å². The Morgan fingerprint density at radius 2 is 2.26 bits per heavy atom. The normalized spacial score (nSPS) is 12.6. The molecule has 1 unspecified atom stereocenters. The molecule has 2 aromatic heterocycles. The molecule has 19 heavy (non-hydrogen) atoms. The lowest BCUT2D eigenvalue weighted by atomic mass is 10.1. The van der Waals surface area contributed by atoms with Crippen LogP contribution in [0, 0.1) is 0 Å². The van der Waals surface area contributed by atoms with Crippen LogP contribution in [-0.4, -0.2) is 33.0 Å². The van der Waals surface area contributed by atoms with Crippen molar-refractivity contribution in [1.29, 1.82) is 0 Å². The molecule has 2 aromatic rings. The molecule has 6 nitrogen and oxygen atoms in total. The lowest BCUT2D eigenvalue weighted by Crippen LogP contribution is -2.24. The maximum atomic E-state index is 5.44. The number of ether oxygens (including phenoxy) is 1. The van der Waals surface area contributed by atoms with Gasteiger partial charge in [0, 0.05) is 6.54 Å². The third kappa shape index (κ3) is 2.93. The summed E-state index contributed by atoms with van der Waals surface area (Å²) in [6, 6.07) is 0.0222. The van der Waals surface area contributed by atoms with Crippen molar-refractivity contribution in [3.05, 3.63) is 23.0 Å². The first-order valence-electron chi connectivity index (χ1n) is 6.42. The lowest BCUT2D eigenvalue weighted by Gasteiger charge is -2.18. The summed E-state index contributed by atoms with van der Waals surface area (Å²) in [5.41, 5.74) is 1.04. The monoisotopic (exact) mass is 281 g/mol. The number of hydrogen-bond donors (Lipinski definition) is 1. The van der Waals surface area contributed by atoms with Crippen molar-refractivity contribution < 1.29 is 4.74 Å². The standard InChI is InChI=1S/C12H19N5OS/c1-4-6-17-12(9(18-3)7-15-17)11(13-5-2)10-8-14-16-19-10/h7-8,11,13H,4-6H2,1-3H3. The number of nitrogens with zero attached hydrogens (tertiary/aromatic N) is 4. The molecular formula is C12H19N5OS. The molecule has 1 atom stereocenters. The first kappa shape index (κ1) is 14.0. The molecule has 0 spiro atoms. The molecule has 2 rings (SSSR count). The third-order valence-corrected chi connectivity index (χ3v) is 3.57. The van der Waals surface area contributed by atoms with E-state index in [-0.39, 0.29) is 6.04 Å². The van der Waals surface area contributed by atoms with E-state index in [4.69, 9.17) is 4.74 Å². The van der Waals surface area contributed by atoms with E-state index in [0.717, 1.165) is 35.8 Å².